The molecule has 2 rings (SSSR count). The van der Waals surface area contributed by atoms with E-state index in [2.05, 4.69) is 9.93 Å². The second-order valence-corrected chi connectivity index (χ2v) is 7.87. The lowest BCUT2D eigenvalue weighted by atomic mass is 9.96. The minimum absolute atomic E-state index is 0.0827. The Morgan fingerprint density at radius 2 is 1.52 bits per heavy atom. The number of hydrogen-bond acceptors (Lipinski definition) is 7. The Kier molecular flexibility index (Phi) is 6.95. The van der Waals surface area contributed by atoms with Gasteiger partial charge in [0, 0.05) is 18.6 Å². The van der Waals surface area contributed by atoms with E-state index < -0.39 is 33.8 Å². The van der Waals surface area contributed by atoms with Crippen LogP contribution in [0.3, 0.4) is 0 Å². The number of hydrogen-bond donors (Lipinski definition) is 1. The van der Waals surface area contributed by atoms with Crippen molar-refractivity contribution >= 4 is 27.7 Å². The van der Waals surface area contributed by atoms with Gasteiger partial charge in [-0.3, -0.25) is 9.59 Å². The fourth-order valence-corrected chi connectivity index (χ4v) is 3.70. The van der Waals surface area contributed by atoms with E-state index in [0.717, 1.165) is 5.56 Å². The van der Waals surface area contributed by atoms with Crippen LogP contribution < -0.4 is 4.83 Å². The summed E-state index contributed by atoms with van der Waals surface area (Å²) in [5.41, 5.74) is 1.34. The predicted octanol–water partition coefficient (Wildman–Crippen LogP) is 1.78. The summed E-state index contributed by atoms with van der Waals surface area (Å²) in [7, 11) is -3.83. The third-order valence-electron chi connectivity index (χ3n) is 4.23. The van der Waals surface area contributed by atoms with Crippen molar-refractivity contribution in [2.45, 2.75) is 38.5 Å². The molecule has 1 aliphatic carbocycles. The average molecular weight is 396 g/mol. The summed E-state index contributed by atoms with van der Waals surface area (Å²) < 4.78 is 34.7. The van der Waals surface area contributed by atoms with Crippen LogP contribution in [0.15, 0.2) is 34.3 Å². The number of sulfonamides is 1. The lowest BCUT2D eigenvalue weighted by Gasteiger charge is -2.15. The molecule has 148 valence electrons. The van der Waals surface area contributed by atoms with Crippen LogP contribution in [0.5, 0.6) is 0 Å². The highest BCUT2D eigenvalue weighted by Crippen LogP contribution is 2.32. The zero-order chi connectivity index (χ0) is 20.0. The second kappa shape index (κ2) is 8.98. The molecule has 0 aliphatic heterocycles. The van der Waals surface area contributed by atoms with Gasteiger partial charge in [0.15, 0.2) is 0 Å². The van der Waals surface area contributed by atoms with E-state index in [-0.39, 0.29) is 31.0 Å². The smallest absolute Gasteiger partial charge is 0.310 e. The van der Waals surface area contributed by atoms with Gasteiger partial charge in [0.25, 0.3) is 10.0 Å². The summed E-state index contributed by atoms with van der Waals surface area (Å²) in [5.74, 6) is -2.48. The Morgan fingerprint density at radius 3 is 1.96 bits per heavy atom. The molecule has 0 radical (unpaired) electrons. The molecule has 1 N–H and O–H groups in total. The zero-order valence-electron chi connectivity index (χ0n) is 15.6. The van der Waals surface area contributed by atoms with Gasteiger partial charge in [-0.1, -0.05) is 17.7 Å². The van der Waals surface area contributed by atoms with Gasteiger partial charge in [0.2, 0.25) is 0 Å². The van der Waals surface area contributed by atoms with Gasteiger partial charge < -0.3 is 9.47 Å². The van der Waals surface area contributed by atoms with E-state index in [4.69, 9.17) is 9.47 Å². The molecular formula is C18H24N2O6S. The van der Waals surface area contributed by atoms with Crippen LogP contribution in [0.25, 0.3) is 0 Å². The number of ether oxygens (including phenoxy) is 2. The Balaban J connectivity index is 2.16. The van der Waals surface area contributed by atoms with Crippen molar-refractivity contribution in [2.24, 2.45) is 16.9 Å². The Labute approximate surface area is 159 Å². The van der Waals surface area contributed by atoms with Gasteiger partial charge in [-0.2, -0.15) is 13.5 Å². The lowest BCUT2D eigenvalue weighted by molar-refractivity contribution is -0.158. The van der Waals surface area contributed by atoms with Gasteiger partial charge >= 0.3 is 11.9 Å². The van der Waals surface area contributed by atoms with Crippen LogP contribution in [0, 0.1) is 18.8 Å². The Bertz CT molecular complexity index is 789. The molecule has 9 heteroatoms. The number of hydrazone groups is 1. The molecule has 0 unspecified atom stereocenters. The van der Waals surface area contributed by atoms with Crippen molar-refractivity contribution in [3.05, 3.63) is 29.8 Å². The number of benzene rings is 1. The van der Waals surface area contributed by atoms with Gasteiger partial charge in [-0.05, 0) is 32.9 Å². The number of nitrogens with one attached hydrogen (secondary N) is 1. The molecular weight excluding hydrogens is 372 g/mol. The molecule has 8 nitrogen and oxygen atoms in total. The number of aryl methyl sites for hydroxylation is 1. The monoisotopic (exact) mass is 396 g/mol. The minimum Gasteiger partial charge on any atom is -0.466 e. The maximum absolute atomic E-state index is 12.3. The largest absolute Gasteiger partial charge is 0.466 e. The van der Waals surface area contributed by atoms with E-state index in [9.17, 15) is 18.0 Å². The predicted molar refractivity (Wildman–Crippen MR) is 98.4 cm³/mol. The molecule has 0 heterocycles. The molecule has 0 aromatic heterocycles. The lowest BCUT2D eigenvalue weighted by Crippen LogP contribution is -2.28. The van der Waals surface area contributed by atoms with Crippen LogP contribution in [0.4, 0.5) is 0 Å². The SMILES string of the molecule is CCOC(=O)[C@@H]1CC(=NNS(=O)(=O)c2ccc(C)cc2)C[C@H]1C(=O)OCC. The van der Waals surface area contributed by atoms with Crippen LogP contribution in [-0.4, -0.2) is 39.3 Å². The van der Waals surface area contributed by atoms with Crippen LogP contribution in [0.1, 0.15) is 32.3 Å². The normalized spacial score (nSPS) is 19.4. The Hall–Kier alpha value is -2.42. The van der Waals surface area contributed by atoms with Gasteiger partial charge in [0.1, 0.15) is 0 Å². The van der Waals surface area contributed by atoms with E-state index in [0.29, 0.717) is 5.71 Å². The first-order valence-corrected chi connectivity index (χ1v) is 10.2. The van der Waals surface area contributed by atoms with Crippen molar-refractivity contribution in [2.75, 3.05) is 13.2 Å². The van der Waals surface area contributed by atoms with Gasteiger partial charge in [-0.25, -0.2) is 4.83 Å². The highest BCUT2D eigenvalue weighted by molar-refractivity contribution is 7.89. The first-order chi connectivity index (χ1) is 12.8. The molecule has 1 aromatic carbocycles. The first-order valence-electron chi connectivity index (χ1n) is 8.75. The van der Waals surface area contributed by atoms with E-state index in [1.54, 1.807) is 26.0 Å². The zero-order valence-corrected chi connectivity index (χ0v) is 16.4. The van der Waals surface area contributed by atoms with Crippen molar-refractivity contribution < 1.29 is 27.5 Å². The maximum atomic E-state index is 12.3. The molecule has 27 heavy (non-hydrogen) atoms. The topological polar surface area (TPSA) is 111 Å². The third kappa shape index (κ3) is 5.29. The summed E-state index contributed by atoms with van der Waals surface area (Å²) in [6.07, 6.45) is 0.275. The molecule has 0 spiro atoms. The molecule has 1 aliphatic rings. The molecule has 0 amide bonds. The molecule has 0 bridgehead atoms. The van der Waals surface area contributed by atoms with E-state index in [1.165, 1.54) is 12.1 Å². The number of nitrogens with zero attached hydrogens (tertiary/aromatic N) is 1. The highest BCUT2D eigenvalue weighted by Gasteiger charge is 2.43. The number of esters is 2. The third-order valence-corrected chi connectivity index (χ3v) is 5.46. The second-order valence-electron chi connectivity index (χ2n) is 6.21. The average Bonchev–Trinajstić information content (AvgIpc) is 3.05. The van der Waals surface area contributed by atoms with Crippen LogP contribution in [0.2, 0.25) is 0 Å². The first kappa shape index (κ1) is 20.9. The Morgan fingerprint density at radius 1 is 1.04 bits per heavy atom. The number of rotatable bonds is 7. The number of carbonyl (C=O) groups is 2. The molecule has 1 fully saturated rings. The fraction of sp³-hybridized carbons (Fsp3) is 0.500. The van der Waals surface area contributed by atoms with E-state index in [1.807, 2.05) is 6.92 Å². The molecule has 0 saturated heterocycles. The van der Waals surface area contributed by atoms with Gasteiger partial charge in [-0.15, -0.1) is 0 Å². The van der Waals surface area contributed by atoms with Crippen molar-refractivity contribution in [1.82, 2.24) is 4.83 Å². The van der Waals surface area contributed by atoms with Crippen LogP contribution in [-0.2, 0) is 29.1 Å². The van der Waals surface area contributed by atoms with E-state index >= 15 is 0 Å². The van der Waals surface area contributed by atoms with Crippen molar-refractivity contribution in [1.29, 1.82) is 0 Å². The maximum Gasteiger partial charge on any atom is 0.310 e. The van der Waals surface area contributed by atoms with Crippen molar-refractivity contribution in [3.8, 4) is 0 Å². The summed E-state index contributed by atoms with van der Waals surface area (Å²) >= 11 is 0. The van der Waals surface area contributed by atoms with Crippen LogP contribution >= 0.6 is 0 Å². The summed E-state index contributed by atoms with van der Waals surface area (Å²) in [6, 6.07) is 6.33. The summed E-state index contributed by atoms with van der Waals surface area (Å²) in [4.78, 5) is 26.5. The minimum atomic E-state index is -3.83. The van der Waals surface area contributed by atoms with Gasteiger partial charge in [0.05, 0.1) is 29.9 Å². The van der Waals surface area contributed by atoms with Crippen molar-refractivity contribution in [3.63, 3.8) is 0 Å². The summed E-state index contributed by atoms with van der Waals surface area (Å²) in [6.45, 7) is 5.59. The molecule has 1 saturated carbocycles. The number of carbonyl (C=O) groups excluding carboxylic acids is 2. The highest BCUT2D eigenvalue weighted by atomic mass is 32.2. The quantitative estimate of drug-likeness (QED) is 0.555. The molecule has 2 atom stereocenters. The summed E-state index contributed by atoms with van der Waals surface area (Å²) in [5, 5.41) is 3.94. The standard InChI is InChI=1S/C18H24N2O6S/c1-4-25-17(21)15-10-13(11-16(15)18(22)26-5-2)19-20-27(23,24)14-8-6-12(3)7-9-14/h6-9,15-16,20H,4-5,10-11H2,1-3H3/t15-,16-/m1/s1. The molecule has 1 aromatic rings. The fourth-order valence-electron chi connectivity index (χ4n) is 2.86.